The Kier molecular flexibility index (Phi) is 5.59. The molecule has 1 rings (SSSR count). The second kappa shape index (κ2) is 6.52. The van der Waals surface area contributed by atoms with Gasteiger partial charge in [-0.15, -0.1) is 0 Å². The molecule has 102 valence electrons. The fourth-order valence-corrected chi connectivity index (χ4v) is 2.74. The van der Waals surface area contributed by atoms with E-state index in [1.165, 1.54) is 6.26 Å². The van der Waals surface area contributed by atoms with Crippen LogP contribution in [0.2, 0.25) is 5.02 Å². The Labute approximate surface area is 113 Å². The average Bonchev–Trinajstić information content (AvgIpc) is 2.27. The van der Waals surface area contributed by atoms with Crippen LogP contribution in [0, 0.1) is 6.92 Å². The van der Waals surface area contributed by atoms with Gasteiger partial charge >= 0.3 is 0 Å². The quantitative estimate of drug-likeness (QED) is 0.621. The maximum atomic E-state index is 11.1. The number of hydrogen-bond acceptors (Lipinski definition) is 4. The second-order valence-electron chi connectivity index (χ2n) is 4.49. The predicted molar refractivity (Wildman–Crippen MR) is 75.2 cm³/mol. The Morgan fingerprint density at radius 1 is 1.44 bits per heavy atom. The van der Waals surface area contributed by atoms with Crippen molar-refractivity contribution in [2.45, 2.75) is 25.8 Å². The molecule has 1 aromatic rings. The highest BCUT2D eigenvalue weighted by Crippen LogP contribution is 2.24. The van der Waals surface area contributed by atoms with Gasteiger partial charge in [0.15, 0.2) is 0 Å². The number of sulfone groups is 1. The number of hydrazine groups is 1. The maximum absolute atomic E-state index is 11.1. The molecule has 0 aliphatic heterocycles. The molecule has 0 bridgehead atoms. The zero-order valence-electron chi connectivity index (χ0n) is 10.6. The van der Waals surface area contributed by atoms with E-state index in [1.54, 1.807) is 0 Å². The van der Waals surface area contributed by atoms with Crippen molar-refractivity contribution in [3.05, 3.63) is 34.3 Å². The predicted octanol–water partition coefficient (Wildman–Crippen LogP) is 1.98. The summed E-state index contributed by atoms with van der Waals surface area (Å²) in [6.07, 6.45) is 2.47. The van der Waals surface area contributed by atoms with E-state index in [0.717, 1.165) is 11.1 Å². The molecule has 0 radical (unpaired) electrons. The van der Waals surface area contributed by atoms with Gasteiger partial charge in [-0.2, -0.15) is 0 Å². The monoisotopic (exact) mass is 290 g/mol. The van der Waals surface area contributed by atoms with E-state index in [4.69, 9.17) is 17.4 Å². The van der Waals surface area contributed by atoms with Gasteiger partial charge in [0.05, 0.1) is 0 Å². The fourth-order valence-electron chi connectivity index (χ4n) is 1.87. The van der Waals surface area contributed by atoms with Crippen LogP contribution in [0.5, 0.6) is 0 Å². The lowest BCUT2D eigenvalue weighted by Crippen LogP contribution is -2.29. The van der Waals surface area contributed by atoms with Gasteiger partial charge in [-0.25, -0.2) is 8.42 Å². The van der Waals surface area contributed by atoms with Gasteiger partial charge in [-0.1, -0.05) is 17.7 Å². The number of aryl methyl sites for hydroxylation is 1. The highest BCUT2D eigenvalue weighted by molar-refractivity contribution is 7.90. The van der Waals surface area contributed by atoms with Crippen LogP contribution in [0.3, 0.4) is 0 Å². The molecule has 0 fully saturated rings. The van der Waals surface area contributed by atoms with Gasteiger partial charge < -0.3 is 0 Å². The normalized spacial score (nSPS) is 13.6. The van der Waals surface area contributed by atoms with Gasteiger partial charge in [0.25, 0.3) is 0 Å². The highest BCUT2D eigenvalue weighted by Gasteiger charge is 2.13. The number of nitrogens with two attached hydrogens (primary N) is 1. The molecule has 0 saturated heterocycles. The first-order chi connectivity index (χ1) is 8.33. The number of rotatable bonds is 6. The second-order valence-corrected chi connectivity index (χ2v) is 7.19. The van der Waals surface area contributed by atoms with Crippen molar-refractivity contribution < 1.29 is 8.42 Å². The standard InChI is InChI=1S/C12H19ClN2O2S/c1-9-5-6-10(13)8-11(9)12(15-14)4-3-7-18(2,16)17/h5-6,8,12,15H,3-4,7,14H2,1-2H3. The Hall–Kier alpha value is -0.620. The molecule has 0 heterocycles. The zero-order valence-corrected chi connectivity index (χ0v) is 12.2. The van der Waals surface area contributed by atoms with Crippen LogP contribution in [0.25, 0.3) is 0 Å². The summed E-state index contributed by atoms with van der Waals surface area (Å²) in [5.41, 5.74) is 4.82. The van der Waals surface area contributed by atoms with Crippen LogP contribution in [0.15, 0.2) is 18.2 Å². The molecule has 0 aliphatic rings. The van der Waals surface area contributed by atoms with Gasteiger partial charge in [-0.3, -0.25) is 11.3 Å². The minimum atomic E-state index is -2.92. The van der Waals surface area contributed by atoms with Crippen LogP contribution in [0.1, 0.15) is 30.0 Å². The third-order valence-electron chi connectivity index (χ3n) is 2.83. The molecule has 6 heteroatoms. The van der Waals surface area contributed by atoms with Crippen molar-refractivity contribution >= 4 is 21.4 Å². The summed E-state index contributed by atoms with van der Waals surface area (Å²) in [5, 5.41) is 0.652. The van der Waals surface area contributed by atoms with Crippen molar-refractivity contribution in [2.24, 2.45) is 5.84 Å². The Balaban J connectivity index is 2.74. The van der Waals surface area contributed by atoms with Gasteiger partial charge in [0.2, 0.25) is 0 Å². The molecule has 1 atom stereocenters. The summed E-state index contributed by atoms with van der Waals surface area (Å²) in [4.78, 5) is 0. The van der Waals surface area contributed by atoms with E-state index in [2.05, 4.69) is 5.43 Å². The smallest absolute Gasteiger partial charge is 0.147 e. The molecule has 0 saturated carbocycles. The first-order valence-electron chi connectivity index (χ1n) is 5.73. The SMILES string of the molecule is Cc1ccc(Cl)cc1C(CCCS(C)(=O)=O)NN. The lowest BCUT2D eigenvalue weighted by atomic mass is 9.98. The van der Waals surface area contributed by atoms with Crippen molar-refractivity contribution in [1.29, 1.82) is 0 Å². The number of nitrogens with one attached hydrogen (secondary N) is 1. The molecule has 1 aromatic carbocycles. The average molecular weight is 291 g/mol. The summed E-state index contributed by atoms with van der Waals surface area (Å²) in [6.45, 7) is 1.98. The summed E-state index contributed by atoms with van der Waals surface area (Å²) in [7, 11) is -2.92. The van der Waals surface area contributed by atoms with E-state index >= 15 is 0 Å². The third kappa shape index (κ3) is 4.94. The van der Waals surface area contributed by atoms with Crippen molar-refractivity contribution in [3.63, 3.8) is 0 Å². The zero-order chi connectivity index (χ0) is 13.8. The first kappa shape index (κ1) is 15.4. The van der Waals surface area contributed by atoms with Crippen LogP contribution in [-0.4, -0.2) is 20.4 Å². The van der Waals surface area contributed by atoms with Crippen LogP contribution >= 0.6 is 11.6 Å². The summed E-state index contributed by atoms with van der Waals surface area (Å²) < 4.78 is 22.2. The molecular weight excluding hydrogens is 272 g/mol. The Morgan fingerprint density at radius 3 is 2.67 bits per heavy atom. The molecule has 0 aliphatic carbocycles. The summed E-state index contributed by atoms with van der Waals surface area (Å²) >= 11 is 5.96. The van der Waals surface area contributed by atoms with Gasteiger partial charge in [-0.05, 0) is 43.0 Å². The van der Waals surface area contributed by atoms with E-state index in [0.29, 0.717) is 17.9 Å². The molecular formula is C12H19ClN2O2S. The minimum absolute atomic E-state index is 0.0783. The Bertz CT molecular complexity index is 503. The van der Waals surface area contributed by atoms with Crippen LogP contribution < -0.4 is 11.3 Å². The number of benzene rings is 1. The Morgan fingerprint density at radius 2 is 2.11 bits per heavy atom. The van der Waals surface area contributed by atoms with E-state index in [9.17, 15) is 8.42 Å². The highest BCUT2D eigenvalue weighted by atomic mass is 35.5. The van der Waals surface area contributed by atoms with Crippen LogP contribution in [-0.2, 0) is 9.84 Å². The number of halogens is 1. The molecule has 0 spiro atoms. The van der Waals surface area contributed by atoms with Gasteiger partial charge in [0, 0.05) is 23.1 Å². The first-order valence-corrected chi connectivity index (χ1v) is 8.17. The lowest BCUT2D eigenvalue weighted by molar-refractivity contribution is 0.505. The molecule has 0 aromatic heterocycles. The van der Waals surface area contributed by atoms with E-state index in [-0.39, 0.29) is 11.8 Å². The summed E-state index contributed by atoms with van der Waals surface area (Å²) in [5.74, 6) is 5.70. The lowest BCUT2D eigenvalue weighted by Gasteiger charge is -2.18. The van der Waals surface area contributed by atoms with Crippen molar-refractivity contribution in [3.8, 4) is 0 Å². The number of hydrogen-bond donors (Lipinski definition) is 2. The van der Waals surface area contributed by atoms with E-state index < -0.39 is 9.84 Å². The minimum Gasteiger partial charge on any atom is -0.271 e. The topological polar surface area (TPSA) is 72.2 Å². The molecule has 4 nitrogen and oxygen atoms in total. The van der Waals surface area contributed by atoms with Crippen molar-refractivity contribution in [2.75, 3.05) is 12.0 Å². The van der Waals surface area contributed by atoms with E-state index in [1.807, 2.05) is 25.1 Å². The summed E-state index contributed by atoms with van der Waals surface area (Å²) in [6, 6.07) is 5.54. The third-order valence-corrected chi connectivity index (χ3v) is 4.09. The molecule has 1 unspecified atom stereocenters. The molecule has 0 amide bonds. The largest absolute Gasteiger partial charge is 0.271 e. The molecule has 3 N–H and O–H groups in total. The molecule has 18 heavy (non-hydrogen) atoms. The van der Waals surface area contributed by atoms with Gasteiger partial charge in [0.1, 0.15) is 9.84 Å². The van der Waals surface area contributed by atoms with Crippen LogP contribution in [0.4, 0.5) is 0 Å². The maximum Gasteiger partial charge on any atom is 0.147 e. The van der Waals surface area contributed by atoms with Crippen molar-refractivity contribution in [1.82, 2.24) is 5.43 Å². The fraction of sp³-hybridized carbons (Fsp3) is 0.500.